The van der Waals surface area contributed by atoms with Crippen molar-refractivity contribution in [3.05, 3.63) is 125 Å². The van der Waals surface area contributed by atoms with E-state index in [-0.39, 0.29) is 10.8 Å². The van der Waals surface area contributed by atoms with Gasteiger partial charge in [0.15, 0.2) is 0 Å². The Labute approximate surface area is 248 Å². The van der Waals surface area contributed by atoms with Crippen LogP contribution in [-0.2, 0) is 10.8 Å². The molecule has 3 heteroatoms. The largest absolute Gasteiger partial charge is 0.456 e. The maximum absolute atomic E-state index is 6.70. The standard InChI is InChI=1S/C38H36ClNO/c1-37(2,3)26-12-17-29(18-13-26)40(30-19-14-27(15-20-30)38(4,5)6)34-24-28(39)16-22-31(34)25-11-21-33-32-9-7-8-10-35(32)41-36(33)23-25/h7-24H,1-6H3. The Morgan fingerprint density at radius 1 is 0.561 bits per heavy atom. The van der Waals surface area contributed by atoms with Crippen LogP contribution in [0.25, 0.3) is 33.1 Å². The lowest BCUT2D eigenvalue weighted by Gasteiger charge is -2.30. The van der Waals surface area contributed by atoms with Crippen molar-refractivity contribution in [2.45, 2.75) is 52.4 Å². The summed E-state index contributed by atoms with van der Waals surface area (Å²) in [5.41, 5.74) is 9.83. The predicted molar refractivity (Wildman–Crippen MR) is 176 cm³/mol. The Kier molecular flexibility index (Phi) is 6.71. The Balaban J connectivity index is 1.54. The highest BCUT2D eigenvalue weighted by atomic mass is 35.5. The number of halogens is 1. The van der Waals surface area contributed by atoms with Crippen LogP contribution in [0.5, 0.6) is 0 Å². The molecule has 6 aromatic rings. The summed E-state index contributed by atoms with van der Waals surface area (Å²) in [7, 11) is 0. The van der Waals surface area contributed by atoms with E-state index in [1.807, 2.05) is 18.2 Å². The van der Waals surface area contributed by atoms with Crippen LogP contribution in [0.1, 0.15) is 52.7 Å². The van der Waals surface area contributed by atoms with Gasteiger partial charge < -0.3 is 9.32 Å². The van der Waals surface area contributed by atoms with E-state index in [9.17, 15) is 0 Å². The minimum absolute atomic E-state index is 0.0704. The van der Waals surface area contributed by atoms with Crippen LogP contribution in [0.2, 0.25) is 5.02 Å². The first kappa shape index (κ1) is 27.2. The zero-order chi connectivity index (χ0) is 28.9. The molecule has 1 aromatic heterocycles. The maximum atomic E-state index is 6.70. The topological polar surface area (TPSA) is 16.4 Å². The lowest BCUT2D eigenvalue weighted by atomic mass is 9.86. The normalized spacial score (nSPS) is 12.3. The number of rotatable bonds is 4. The van der Waals surface area contributed by atoms with Gasteiger partial charge in [-0.05, 0) is 82.1 Å². The fraction of sp³-hybridized carbons (Fsp3) is 0.211. The third-order valence-corrected chi connectivity index (χ3v) is 8.11. The number of nitrogens with zero attached hydrogens (tertiary/aromatic N) is 1. The molecular weight excluding hydrogens is 522 g/mol. The number of para-hydroxylation sites is 1. The SMILES string of the molecule is CC(C)(C)c1ccc(N(c2ccc(C(C)(C)C)cc2)c2cc(Cl)ccc2-c2ccc3c(c2)oc2ccccc23)cc1. The third kappa shape index (κ3) is 5.25. The van der Waals surface area contributed by atoms with Gasteiger partial charge in [0.25, 0.3) is 0 Å². The van der Waals surface area contributed by atoms with E-state index >= 15 is 0 Å². The first-order valence-corrected chi connectivity index (χ1v) is 14.6. The summed E-state index contributed by atoms with van der Waals surface area (Å²) in [6.07, 6.45) is 0. The second-order valence-electron chi connectivity index (χ2n) is 12.9. The molecule has 0 amide bonds. The Hall–Kier alpha value is -4.01. The zero-order valence-corrected chi connectivity index (χ0v) is 25.4. The van der Waals surface area contributed by atoms with E-state index in [2.05, 4.69) is 137 Å². The van der Waals surface area contributed by atoms with Gasteiger partial charge in [-0.1, -0.05) is 108 Å². The molecule has 0 bridgehead atoms. The zero-order valence-electron chi connectivity index (χ0n) is 24.6. The monoisotopic (exact) mass is 557 g/mol. The molecular formula is C38H36ClNO. The minimum atomic E-state index is 0.0704. The van der Waals surface area contributed by atoms with E-state index in [1.165, 1.54) is 11.1 Å². The lowest BCUT2D eigenvalue weighted by Crippen LogP contribution is -2.15. The average molecular weight is 558 g/mol. The number of benzene rings is 5. The summed E-state index contributed by atoms with van der Waals surface area (Å²) in [4.78, 5) is 2.31. The molecule has 5 aromatic carbocycles. The molecule has 0 atom stereocenters. The van der Waals surface area contributed by atoms with Crippen LogP contribution in [0, 0.1) is 0 Å². The van der Waals surface area contributed by atoms with Crippen molar-refractivity contribution in [1.29, 1.82) is 0 Å². The highest BCUT2D eigenvalue weighted by molar-refractivity contribution is 6.31. The Bertz CT molecular complexity index is 1790. The molecule has 1 heterocycles. The van der Waals surface area contributed by atoms with Crippen molar-refractivity contribution in [2.75, 3.05) is 4.90 Å². The molecule has 0 radical (unpaired) electrons. The van der Waals surface area contributed by atoms with Crippen LogP contribution >= 0.6 is 11.6 Å². The van der Waals surface area contributed by atoms with Gasteiger partial charge in [0.1, 0.15) is 11.2 Å². The van der Waals surface area contributed by atoms with Crippen molar-refractivity contribution in [1.82, 2.24) is 0 Å². The van der Waals surface area contributed by atoms with Crippen molar-refractivity contribution in [3.63, 3.8) is 0 Å². The smallest absolute Gasteiger partial charge is 0.136 e. The maximum Gasteiger partial charge on any atom is 0.136 e. The molecule has 206 valence electrons. The summed E-state index contributed by atoms with van der Waals surface area (Å²) in [5, 5.41) is 2.94. The number of hydrogen-bond donors (Lipinski definition) is 0. The molecule has 0 N–H and O–H groups in total. The fourth-order valence-corrected chi connectivity index (χ4v) is 5.64. The Morgan fingerprint density at radius 2 is 1.12 bits per heavy atom. The fourth-order valence-electron chi connectivity index (χ4n) is 5.48. The number of anilines is 3. The third-order valence-electron chi connectivity index (χ3n) is 7.87. The number of fused-ring (bicyclic) bond motifs is 3. The molecule has 0 saturated heterocycles. The molecule has 0 fully saturated rings. The number of hydrogen-bond acceptors (Lipinski definition) is 2. The second-order valence-corrected chi connectivity index (χ2v) is 13.3. The van der Waals surface area contributed by atoms with E-state index in [0.717, 1.165) is 50.1 Å². The second kappa shape index (κ2) is 10.1. The van der Waals surface area contributed by atoms with Crippen LogP contribution in [-0.4, -0.2) is 0 Å². The van der Waals surface area contributed by atoms with E-state index < -0.39 is 0 Å². The molecule has 0 aliphatic carbocycles. The summed E-state index contributed by atoms with van der Waals surface area (Å²) in [5.74, 6) is 0. The first-order chi connectivity index (χ1) is 19.5. The van der Waals surface area contributed by atoms with E-state index in [1.54, 1.807) is 0 Å². The molecule has 0 aliphatic heterocycles. The van der Waals surface area contributed by atoms with Crippen molar-refractivity contribution in [3.8, 4) is 11.1 Å². The summed E-state index contributed by atoms with van der Waals surface area (Å²) in [6, 6.07) is 38.6. The van der Waals surface area contributed by atoms with Crippen LogP contribution in [0.3, 0.4) is 0 Å². The quantitative estimate of drug-likeness (QED) is 0.214. The highest BCUT2D eigenvalue weighted by Crippen LogP contribution is 2.44. The highest BCUT2D eigenvalue weighted by Gasteiger charge is 2.21. The van der Waals surface area contributed by atoms with E-state index in [0.29, 0.717) is 5.02 Å². The predicted octanol–water partition coefficient (Wildman–Crippen LogP) is 12.0. The molecule has 0 unspecified atom stereocenters. The molecule has 41 heavy (non-hydrogen) atoms. The molecule has 0 aliphatic rings. The van der Waals surface area contributed by atoms with Gasteiger partial charge in [0, 0.05) is 32.7 Å². The van der Waals surface area contributed by atoms with Gasteiger partial charge in [-0.2, -0.15) is 0 Å². The van der Waals surface area contributed by atoms with Crippen LogP contribution < -0.4 is 4.90 Å². The van der Waals surface area contributed by atoms with Gasteiger partial charge >= 0.3 is 0 Å². The van der Waals surface area contributed by atoms with Crippen LogP contribution in [0.15, 0.2) is 114 Å². The molecule has 0 saturated carbocycles. The summed E-state index contributed by atoms with van der Waals surface area (Å²) < 4.78 is 6.26. The van der Waals surface area contributed by atoms with Gasteiger partial charge in [-0.25, -0.2) is 0 Å². The van der Waals surface area contributed by atoms with Crippen molar-refractivity contribution >= 4 is 50.6 Å². The van der Waals surface area contributed by atoms with Crippen molar-refractivity contribution in [2.24, 2.45) is 0 Å². The molecule has 2 nitrogen and oxygen atoms in total. The Morgan fingerprint density at radius 3 is 1.71 bits per heavy atom. The average Bonchev–Trinajstić information content (AvgIpc) is 3.31. The minimum Gasteiger partial charge on any atom is -0.456 e. The van der Waals surface area contributed by atoms with Gasteiger partial charge in [-0.15, -0.1) is 0 Å². The van der Waals surface area contributed by atoms with Gasteiger partial charge in [-0.3, -0.25) is 0 Å². The van der Waals surface area contributed by atoms with Crippen molar-refractivity contribution < 1.29 is 4.42 Å². The lowest BCUT2D eigenvalue weighted by molar-refractivity contribution is 0.590. The summed E-state index contributed by atoms with van der Waals surface area (Å²) >= 11 is 6.70. The van der Waals surface area contributed by atoms with Gasteiger partial charge in [0.05, 0.1) is 5.69 Å². The van der Waals surface area contributed by atoms with Crippen LogP contribution in [0.4, 0.5) is 17.1 Å². The molecule has 6 rings (SSSR count). The van der Waals surface area contributed by atoms with E-state index in [4.69, 9.17) is 16.0 Å². The van der Waals surface area contributed by atoms with Gasteiger partial charge in [0.2, 0.25) is 0 Å². The summed E-state index contributed by atoms with van der Waals surface area (Å²) in [6.45, 7) is 13.5. The number of furan rings is 1. The molecule has 0 spiro atoms. The first-order valence-electron chi connectivity index (χ1n) is 14.2.